The first-order valence-electron chi connectivity index (χ1n) is 9.11. The smallest absolute Gasteiger partial charge is 0.305 e. The van der Waals surface area contributed by atoms with Crippen molar-refractivity contribution in [2.45, 2.75) is 38.0 Å². The molecular weight excluding hydrogens is 372 g/mol. The summed E-state index contributed by atoms with van der Waals surface area (Å²) < 4.78 is 36.3. The Morgan fingerprint density at radius 3 is 2.64 bits per heavy atom. The van der Waals surface area contributed by atoms with Crippen molar-refractivity contribution in [2.24, 2.45) is 0 Å². The topological polar surface area (TPSA) is 85.5 Å². The van der Waals surface area contributed by atoms with E-state index in [-0.39, 0.29) is 30.0 Å². The Hall–Kier alpha value is -2.84. The molecule has 1 aromatic heterocycles. The van der Waals surface area contributed by atoms with Crippen molar-refractivity contribution in [3.05, 3.63) is 35.7 Å². The van der Waals surface area contributed by atoms with Crippen molar-refractivity contribution >= 4 is 11.9 Å². The van der Waals surface area contributed by atoms with Crippen LogP contribution in [0.1, 0.15) is 43.9 Å². The van der Waals surface area contributed by atoms with E-state index in [2.05, 4.69) is 14.9 Å². The molecule has 2 aromatic rings. The molecule has 0 atom stereocenters. The molecule has 0 aliphatic carbocycles. The van der Waals surface area contributed by atoms with Crippen molar-refractivity contribution in [1.82, 2.24) is 15.0 Å². The predicted molar refractivity (Wildman–Crippen MR) is 94.1 cm³/mol. The van der Waals surface area contributed by atoms with E-state index in [1.165, 1.54) is 13.2 Å². The summed E-state index contributed by atoms with van der Waals surface area (Å²) in [6.45, 7) is 1.12. The fourth-order valence-corrected chi connectivity index (χ4v) is 3.17. The van der Waals surface area contributed by atoms with Gasteiger partial charge in [-0.2, -0.15) is 4.98 Å². The Bertz CT molecular complexity index is 847. The summed E-state index contributed by atoms with van der Waals surface area (Å²) in [5.74, 6) is -1.58. The summed E-state index contributed by atoms with van der Waals surface area (Å²) in [5, 5.41) is 3.85. The van der Waals surface area contributed by atoms with Gasteiger partial charge in [-0.3, -0.25) is 9.59 Å². The summed E-state index contributed by atoms with van der Waals surface area (Å²) in [6, 6.07) is 3.44. The number of halogens is 2. The van der Waals surface area contributed by atoms with Crippen LogP contribution in [0.3, 0.4) is 0 Å². The first-order valence-corrected chi connectivity index (χ1v) is 9.11. The molecular formula is C19H21F2N3O4. The second-order valence-electron chi connectivity index (χ2n) is 6.67. The molecule has 0 spiro atoms. The van der Waals surface area contributed by atoms with Crippen LogP contribution in [-0.2, 0) is 14.3 Å². The molecule has 150 valence electrons. The van der Waals surface area contributed by atoms with E-state index in [1.54, 1.807) is 4.90 Å². The highest BCUT2D eigenvalue weighted by Crippen LogP contribution is 2.29. The molecule has 2 heterocycles. The lowest BCUT2D eigenvalue weighted by molar-refractivity contribution is -0.141. The van der Waals surface area contributed by atoms with Crippen molar-refractivity contribution in [3.8, 4) is 11.4 Å². The predicted octanol–water partition coefficient (Wildman–Crippen LogP) is 3.06. The number of rotatable bonds is 6. The monoisotopic (exact) mass is 393 g/mol. The number of carbonyl (C=O) groups excluding carboxylic acids is 2. The van der Waals surface area contributed by atoms with Crippen LogP contribution in [0.25, 0.3) is 11.4 Å². The van der Waals surface area contributed by atoms with Gasteiger partial charge in [0.05, 0.1) is 7.11 Å². The largest absolute Gasteiger partial charge is 0.469 e. The molecule has 0 unspecified atom stereocenters. The molecule has 0 saturated carbocycles. The lowest BCUT2D eigenvalue weighted by Gasteiger charge is -2.30. The van der Waals surface area contributed by atoms with E-state index in [0.29, 0.717) is 50.2 Å². The Morgan fingerprint density at radius 1 is 1.21 bits per heavy atom. The Morgan fingerprint density at radius 2 is 1.96 bits per heavy atom. The van der Waals surface area contributed by atoms with E-state index < -0.39 is 11.6 Å². The number of aromatic nitrogens is 2. The van der Waals surface area contributed by atoms with E-state index in [0.717, 1.165) is 12.1 Å². The average molecular weight is 393 g/mol. The molecule has 1 fully saturated rings. The first-order chi connectivity index (χ1) is 13.5. The fraction of sp³-hybridized carbons (Fsp3) is 0.474. The third kappa shape index (κ3) is 4.71. The lowest BCUT2D eigenvalue weighted by Crippen LogP contribution is -2.37. The number of piperidine rings is 1. The lowest BCUT2D eigenvalue weighted by atomic mass is 9.96. The molecule has 0 bridgehead atoms. The summed E-state index contributed by atoms with van der Waals surface area (Å²) in [7, 11) is 1.32. The van der Waals surface area contributed by atoms with Crippen LogP contribution in [0.5, 0.6) is 0 Å². The van der Waals surface area contributed by atoms with Gasteiger partial charge in [-0.1, -0.05) is 5.16 Å². The minimum Gasteiger partial charge on any atom is -0.469 e. The maximum Gasteiger partial charge on any atom is 0.305 e. The van der Waals surface area contributed by atoms with Gasteiger partial charge in [-0.05, 0) is 37.5 Å². The zero-order valence-corrected chi connectivity index (χ0v) is 15.5. The van der Waals surface area contributed by atoms with E-state index in [9.17, 15) is 18.4 Å². The number of benzene rings is 1. The van der Waals surface area contributed by atoms with Crippen LogP contribution in [0.15, 0.2) is 22.7 Å². The van der Waals surface area contributed by atoms with Crippen molar-refractivity contribution in [2.75, 3.05) is 20.2 Å². The highest BCUT2D eigenvalue weighted by molar-refractivity contribution is 5.77. The molecule has 0 N–H and O–H groups in total. The zero-order valence-electron chi connectivity index (χ0n) is 15.5. The van der Waals surface area contributed by atoms with Gasteiger partial charge in [0, 0.05) is 37.4 Å². The maximum atomic E-state index is 13.4. The zero-order chi connectivity index (χ0) is 20.1. The average Bonchev–Trinajstić information content (AvgIpc) is 3.20. The Kier molecular flexibility index (Phi) is 6.33. The molecule has 1 aliphatic heterocycles. The van der Waals surface area contributed by atoms with Crippen molar-refractivity contribution < 1.29 is 27.6 Å². The maximum absolute atomic E-state index is 13.4. The molecule has 28 heavy (non-hydrogen) atoms. The summed E-state index contributed by atoms with van der Waals surface area (Å²) in [4.78, 5) is 29.4. The molecule has 1 aliphatic rings. The van der Waals surface area contributed by atoms with Crippen LogP contribution >= 0.6 is 0 Å². The van der Waals surface area contributed by atoms with E-state index in [4.69, 9.17) is 4.52 Å². The Labute approximate surface area is 160 Å². The number of hydrogen-bond donors (Lipinski definition) is 0. The normalized spacial score (nSPS) is 14.9. The number of carbonyl (C=O) groups is 2. The number of amides is 1. The van der Waals surface area contributed by atoms with Gasteiger partial charge in [0.25, 0.3) is 0 Å². The van der Waals surface area contributed by atoms with E-state index >= 15 is 0 Å². The quantitative estimate of drug-likeness (QED) is 0.701. The number of esters is 1. The number of methoxy groups -OCH3 is 1. The Balaban J connectivity index is 1.52. The van der Waals surface area contributed by atoms with Gasteiger partial charge in [0.15, 0.2) is 11.6 Å². The van der Waals surface area contributed by atoms with Gasteiger partial charge in [0.2, 0.25) is 17.6 Å². The molecule has 3 rings (SSSR count). The van der Waals surface area contributed by atoms with Crippen LogP contribution in [0.4, 0.5) is 8.78 Å². The van der Waals surface area contributed by atoms with Crippen molar-refractivity contribution in [3.63, 3.8) is 0 Å². The van der Waals surface area contributed by atoms with Crippen LogP contribution in [0.2, 0.25) is 0 Å². The van der Waals surface area contributed by atoms with Crippen LogP contribution in [-0.4, -0.2) is 47.1 Å². The van der Waals surface area contributed by atoms with E-state index in [1.807, 2.05) is 0 Å². The van der Waals surface area contributed by atoms with Crippen LogP contribution in [0, 0.1) is 11.6 Å². The van der Waals surface area contributed by atoms with Gasteiger partial charge in [0.1, 0.15) is 0 Å². The second-order valence-corrected chi connectivity index (χ2v) is 6.67. The highest BCUT2D eigenvalue weighted by atomic mass is 19.2. The third-order valence-corrected chi connectivity index (χ3v) is 4.82. The first kappa shape index (κ1) is 19.9. The van der Waals surface area contributed by atoms with Crippen molar-refractivity contribution in [1.29, 1.82) is 0 Å². The van der Waals surface area contributed by atoms with Gasteiger partial charge < -0.3 is 14.2 Å². The van der Waals surface area contributed by atoms with Crippen LogP contribution < -0.4 is 0 Å². The SMILES string of the molecule is COC(=O)CCCC(=O)N1CCC(c2nc(-c3ccc(F)c(F)c3)no2)CC1. The second kappa shape index (κ2) is 8.90. The number of nitrogens with zero attached hydrogens (tertiary/aromatic N) is 3. The van der Waals surface area contributed by atoms with Gasteiger partial charge in [-0.15, -0.1) is 0 Å². The van der Waals surface area contributed by atoms with Gasteiger partial charge in [-0.25, -0.2) is 8.78 Å². The summed E-state index contributed by atoms with van der Waals surface area (Å²) >= 11 is 0. The minimum absolute atomic E-state index is 0.00524. The molecule has 0 radical (unpaired) electrons. The fourth-order valence-electron chi connectivity index (χ4n) is 3.17. The minimum atomic E-state index is -0.970. The number of ether oxygens (including phenoxy) is 1. The number of hydrogen-bond acceptors (Lipinski definition) is 6. The molecule has 1 amide bonds. The third-order valence-electron chi connectivity index (χ3n) is 4.82. The molecule has 9 heteroatoms. The summed E-state index contributed by atoms with van der Waals surface area (Å²) in [5.41, 5.74) is 0.340. The standard InChI is InChI=1S/C19H21F2N3O4/c1-27-17(26)4-2-3-16(25)24-9-7-12(8-10-24)19-22-18(23-28-19)13-5-6-14(20)15(21)11-13/h5-6,11-12H,2-4,7-10H2,1H3. The summed E-state index contributed by atoms with van der Waals surface area (Å²) in [6.07, 6.45) is 2.34. The molecule has 1 aromatic carbocycles. The number of likely N-dealkylation sites (tertiary alicyclic amines) is 1. The molecule has 7 nitrogen and oxygen atoms in total. The highest BCUT2D eigenvalue weighted by Gasteiger charge is 2.27. The van der Waals surface area contributed by atoms with Gasteiger partial charge >= 0.3 is 5.97 Å². The molecule has 1 saturated heterocycles.